The number of benzene rings is 1. The fourth-order valence-corrected chi connectivity index (χ4v) is 2.03. The molecule has 0 saturated carbocycles. The molecule has 100 valence electrons. The highest BCUT2D eigenvalue weighted by Gasteiger charge is 2.30. The lowest BCUT2D eigenvalue weighted by atomic mass is 9.85. The Kier molecular flexibility index (Phi) is 4.33. The number of carbonyl (C=O) groups excluding carboxylic acids is 1. The van der Waals surface area contributed by atoms with Gasteiger partial charge in [-0.05, 0) is 24.3 Å². The highest BCUT2D eigenvalue weighted by Crippen LogP contribution is 2.24. The minimum Gasteiger partial charge on any atom is -0.382 e. The molecule has 0 saturated heterocycles. The Balaban J connectivity index is 2.96. The van der Waals surface area contributed by atoms with Gasteiger partial charge in [-0.2, -0.15) is 0 Å². The van der Waals surface area contributed by atoms with Gasteiger partial charge in [0, 0.05) is 5.56 Å². The Morgan fingerprint density at radius 1 is 1.11 bits per heavy atom. The van der Waals surface area contributed by atoms with Gasteiger partial charge in [0.05, 0.1) is 0 Å². The van der Waals surface area contributed by atoms with E-state index in [2.05, 4.69) is 20.8 Å². The van der Waals surface area contributed by atoms with E-state index >= 15 is 0 Å². The van der Waals surface area contributed by atoms with Crippen LogP contribution in [0.3, 0.4) is 0 Å². The number of Topliss-reactive ketones (excluding diaryl/α,β-unsaturated/α-hetero) is 1. The Morgan fingerprint density at radius 3 is 2.00 bits per heavy atom. The van der Waals surface area contributed by atoms with Crippen LogP contribution in [-0.4, -0.2) is 16.5 Å². The van der Waals surface area contributed by atoms with Crippen LogP contribution < -0.4 is 0 Å². The highest BCUT2D eigenvalue weighted by atomic mass is 16.3. The van der Waals surface area contributed by atoms with Crippen LogP contribution in [0.5, 0.6) is 0 Å². The van der Waals surface area contributed by atoms with E-state index in [0.29, 0.717) is 12.0 Å². The van der Waals surface area contributed by atoms with Gasteiger partial charge in [0.15, 0.2) is 5.78 Å². The average molecular weight is 248 g/mol. The van der Waals surface area contributed by atoms with Gasteiger partial charge in [-0.15, -0.1) is 0 Å². The number of carbonyl (C=O) groups is 1. The molecule has 0 bridgehead atoms. The summed E-state index contributed by atoms with van der Waals surface area (Å²) in [5.41, 5.74) is 0.599. The molecule has 0 heterocycles. The lowest BCUT2D eigenvalue weighted by Crippen LogP contribution is -2.34. The lowest BCUT2D eigenvalue weighted by Gasteiger charge is -2.22. The van der Waals surface area contributed by atoms with E-state index in [-0.39, 0.29) is 11.2 Å². The maximum atomic E-state index is 12.2. The number of rotatable bonds is 4. The van der Waals surface area contributed by atoms with Crippen molar-refractivity contribution < 1.29 is 9.90 Å². The molecule has 0 spiro atoms. The Hall–Kier alpha value is -1.15. The van der Waals surface area contributed by atoms with Crippen LogP contribution in [0.15, 0.2) is 24.3 Å². The first-order chi connectivity index (χ1) is 8.18. The fourth-order valence-electron chi connectivity index (χ4n) is 2.03. The molecule has 2 nitrogen and oxygen atoms in total. The summed E-state index contributed by atoms with van der Waals surface area (Å²) >= 11 is 0. The van der Waals surface area contributed by atoms with Crippen molar-refractivity contribution in [3.05, 3.63) is 35.4 Å². The third-order valence-corrected chi connectivity index (χ3v) is 3.24. The van der Waals surface area contributed by atoms with E-state index in [1.165, 1.54) is 5.56 Å². The van der Waals surface area contributed by atoms with Crippen molar-refractivity contribution in [2.45, 2.75) is 58.5 Å². The average Bonchev–Trinajstić information content (AvgIpc) is 2.27. The van der Waals surface area contributed by atoms with Crippen LogP contribution in [0.25, 0.3) is 0 Å². The number of aliphatic hydroxyl groups is 1. The summed E-state index contributed by atoms with van der Waals surface area (Å²) in [5, 5.41) is 10.1. The predicted molar refractivity (Wildman–Crippen MR) is 75.0 cm³/mol. The summed E-state index contributed by atoms with van der Waals surface area (Å²) in [6, 6.07) is 7.56. The summed E-state index contributed by atoms with van der Waals surface area (Å²) in [7, 11) is 0. The molecule has 1 unspecified atom stereocenters. The van der Waals surface area contributed by atoms with Gasteiger partial charge in [0.25, 0.3) is 0 Å². The molecule has 1 rings (SSSR count). The van der Waals surface area contributed by atoms with Crippen molar-refractivity contribution >= 4 is 5.78 Å². The topological polar surface area (TPSA) is 37.3 Å². The van der Waals surface area contributed by atoms with E-state index in [0.717, 1.165) is 6.42 Å². The van der Waals surface area contributed by atoms with Crippen molar-refractivity contribution in [3.8, 4) is 0 Å². The Bertz CT molecular complexity index is 408. The normalized spacial score (nSPS) is 15.2. The first-order valence-electron chi connectivity index (χ1n) is 6.56. The smallest absolute Gasteiger partial charge is 0.194 e. The Morgan fingerprint density at radius 2 is 1.61 bits per heavy atom. The van der Waals surface area contributed by atoms with E-state index in [1.54, 1.807) is 6.92 Å². The molecule has 0 aliphatic heterocycles. The molecule has 0 amide bonds. The molecule has 18 heavy (non-hydrogen) atoms. The molecule has 2 heteroatoms. The van der Waals surface area contributed by atoms with Gasteiger partial charge in [0.2, 0.25) is 0 Å². The van der Waals surface area contributed by atoms with Crippen LogP contribution in [0.4, 0.5) is 0 Å². The second-order valence-corrected chi connectivity index (χ2v) is 6.18. The van der Waals surface area contributed by atoms with Crippen molar-refractivity contribution in [3.63, 3.8) is 0 Å². The van der Waals surface area contributed by atoms with E-state index in [9.17, 15) is 9.90 Å². The summed E-state index contributed by atoms with van der Waals surface area (Å²) < 4.78 is 0. The van der Waals surface area contributed by atoms with Crippen molar-refractivity contribution in [1.82, 2.24) is 0 Å². The summed E-state index contributed by atoms with van der Waals surface area (Å²) in [4.78, 5) is 12.2. The maximum Gasteiger partial charge on any atom is 0.194 e. The second-order valence-electron chi connectivity index (χ2n) is 6.18. The van der Waals surface area contributed by atoms with Crippen LogP contribution in [0.1, 0.15) is 63.4 Å². The van der Waals surface area contributed by atoms with Crippen molar-refractivity contribution in [2.24, 2.45) is 0 Å². The van der Waals surface area contributed by atoms with Gasteiger partial charge in [0.1, 0.15) is 5.60 Å². The zero-order valence-electron chi connectivity index (χ0n) is 12.1. The zero-order chi connectivity index (χ0) is 14.0. The molecule has 1 aromatic rings. The molecular weight excluding hydrogens is 224 g/mol. The largest absolute Gasteiger partial charge is 0.382 e. The quantitative estimate of drug-likeness (QED) is 0.825. The number of hydrogen-bond donors (Lipinski definition) is 1. The molecule has 0 fully saturated rings. The summed E-state index contributed by atoms with van der Waals surface area (Å²) in [6.07, 6.45) is 1.28. The van der Waals surface area contributed by atoms with E-state index in [1.807, 2.05) is 31.2 Å². The molecule has 1 N–H and O–H groups in total. The molecule has 0 aromatic heterocycles. The fraction of sp³-hybridized carbons (Fsp3) is 0.562. The Labute approximate surface area is 110 Å². The van der Waals surface area contributed by atoms with Crippen LogP contribution >= 0.6 is 0 Å². The number of ketones is 1. The van der Waals surface area contributed by atoms with Crippen molar-refractivity contribution in [1.29, 1.82) is 0 Å². The SMILES string of the molecule is CCCC(C)(O)C(=O)c1ccc(C(C)(C)C)cc1. The van der Waals surface area contributed by atoms with Crippen LogP contribution in [0, 0.1) is 0 Å². The van der Waals surface area contributed by atoms with Gasteiger partial charge < -0.3 is 5.11 Å². The molecule has 0 radical (unpaired) electrons. The lowest BCUT2D eigenvalue weighted by molar-refractivity contribution is 0.0364. The van der Waals surface area contributed by atoms with E-state index in [4.69, 9.17) is 0 Å². The maximum absolute atomic E-state index is 12.2. The minimum atomic E-state index is -1.25. The van der Waals surface area contributed by atoms with Gasteiger partial charge in [-0.1, -0.05) is 58.4 Å². The monoisotopic (exact) mass is 248 g/mol. The molecule has 0 aliphatic rings. The van der Waals surface area contributed by atoms with Gasteiger partial charge in [-0.3, -0.25) is 4.79 Å². The second kappa shape index (κ2) is 5.23. The predicted octanol–water partition coefficient (Wildman–Crippen LogP) is 3.72. The first kappa shape index (κ1) is 14.9. The molecule has 0 aliphatic carbocycles. The van der Waals surface area contributed by atoms with Gasteiger partial charge in [-0.25, -0.2) is 0 Å². The third-order valence-electron chi connectivity index (χ3n) is 3.24. The molecule has 1 aromatic carbocycles. The molecular formula is C16H24O2. The first-order valence-corrected chi connectivity index (χ1v) is 6.56. The third kappa shape index (κ3) is 3.42. The van der Waals surface area contributed by atoms with Crippen LogP contribution in [-0.2, 0) is 5.41 Å². The highest BCUT2D eigenvalue weighted by molar-refractivity contribution is 6.02. The molecule has 1 atom stereocenters. The summed E-state index contributed by atoms with van der Waals surface area (Å²) in [5.74, 6) is -0.190. The summed E-state index contributed by atoms with van der Waals surface area (Å²) in [6.45, 7) is 9.96. The number of hydrogen-bond acceptors (Lipinski definition) is 2. The zero-order valence-corrected chi connectivity index (χ0v) is 12.1. The van der Waals surface area contributed by atoms with Crippen LogP contribution in [0.2, 0.25) is 0 Å². The van der Waals surface area contributed by atoms with Crippen molar-refractivity contribution in [2.75, 3.05) is 0 Å². The van der Waals surface area contributed by atoms with Gasteiger partial charge >= 0.3 is 0 Å². The van der Waals surface area contributed by atoms with E-state index < -0.39 is 5.60 Å². The minimum absolute atomic E-state index is 0.0769. The standard InChI is InChI=1S/C16H24O2/c1-6-11-16(5,18)14(17)12-7-9-13(10-8-12)15(2,3)4/h7-10,18H,6,11H2,1-5H3.